The summed E-state index contributed by atoms with van der Waals surface area (Å²) < 4.78 is 7.27. The predicted molar refractivity (Wildman–Crippen MR) is 97.6 cm³/mol. The number of nitrogens with zero attached hydrogens (tertiary/aromatic N) is 3. The standard InChI is InChI=1S/C17H14Cl3N3O2/c1-17(24,8-23-10-21-9-22-23)13-4-3-12(7-14(13)19)25-16-5-2-11(18)6-15(16)20/h2-7,9-10,24H,8H2,1H3/t17-/m1/s1. The lowest BCUT2D eigenvalue weighted by Gasteiger charge is -2.25. The molecule has 0 spiro atoms. The van der Waals surface area contributed by atoms with Crippen LogP contribution in [0, 0.1) is 0 Å². The third kappa shape index (κ3) is 4.25. The van der Waals surface area contributed by atoms with Gasteiger partial charge in [0.1, 0.15) is 29.8 Å². The SMILES string of the molecule is C[C@@](O)(Cn1cncn1)c1ccc(Oc2ccc(Cl)cc2Cl)cc1Cl. The van der Waals surface area contributed by atoms with Crippen molar-refractivity contribution in [1.82, 2.24) is 14.8 Å². The van der Waals surface area contributed by atoms with E-state index in [-0.39, 0.29) is 6.54 Å². The number of halogens is 3. The first kappa shape index (κ1) is 18.0. The maximum absolute atomic E-state index is 10.7. The first-order valence-electron chi connectivity index (χ1n) is 7.33. The number of aliphatic hydroxyl groups is 1. The summed E-state index contributed by atoms with van der Waals surface area (Å²) in [7, 11) is 0. The van der Waals surface area contributed by atoms with Crippen molar-refractivity contribution >= 4 is 34.8 Å². The lowest BCUT2D eigenvalue weighted by atomic mass is 9.96. The molecule has 0 radical (unpaired) electrons. The van der Waals surface area contributed by atoms with Gasteiger partial charge in [0.05, 0.1) is 16.6 Å². The molecule has 1 aromatic heterocycles. The highest BCUT2D eigenvalue weighted by Gasteiger charge is 2.27. The number of rotatable bonds is 5. The van der Waals surface area contributed by atoms with E-state index in [1.165, 1.54) is 17.3 Å². The summed E-state index contributed by atoms with van der Waals surface area (Å²) >= 11 is 18.3. The highest BCUT2D eigenvalue weighted by Crippen LogP contribution is 2.36. The van der Waals surface area contributed by atoms with Gasteiger partial charge in [-0.3, -0.25) is 0 Å². The van der Waals surface area contributed by atoms with E-state index in [1.54, 1.807) is 43.3 Å². The minimum absolute atomic E-state index is 0.218. The van der Waals surface area contributed by atoms with Gasteiger partial charge in [-0.15, -0.1) is 0 Å². The lowest BCUT2D eigenvalue weighted by molar-refractivity contribution is 0.0346. The fourth-order valence-corrected chi connectivity index (χ4v) is 3.22. The number of aromatic nitrogens is 3. The predicted octanol–water partition coefficient (Wildman–Crippen LogP) is 4.94. The molecule has 2 aromatic carbocycles. The van der Waals surface area contributed by atoms with Crippen LogP contribution < -0.4 is 4.74 Å². The fourth-order valence-electron chi connectivity index (χ4n) is 2.40. The molecule has 1 atom stereocenters. The Kier molecular flexibility index (Phi) is 5.20. The average Bonchev–Trinajstić information content (AvgIpc) is 3.02. The van der Waals surface area contributed by atoms with E-state index in [1.807, 2.05) is 0 Å². The summed E-state index contributed by atoms with van der Waals surface area (Å²) in [6.07, 6.45) is 2.94. The van der Waals surface area contributed by atoms with Crippen molar-refractivity contribution in [2.24, 2.45) is 0 Å². The molecule has 0 fully saturated rings. The summed E-state index contributed by atoms with van der Waals surface area (Å²) in [5.41, 5.74) is -0.666. The molecule has 0 saturated carbocycles. The molecule has 0 amide bonds. The van der Waals surface area contributed by atoms with Crippen LogP contribution in [0.2, 0.25) is 15.1 Å². The van der Waals surface area contributed by atoms with Crippen molar-refractivity contribution in [2.75, 3.05) is 0 Å². The van der Waals surface area contributed by atoms with Gasteiger partial charge in [0.2, 0.25) is 0 Å². The molecule has 25 heavy (non-hydrogen) atoms. The number of benzene rings is 2. The Morgan fingerprint density at radius 3 is 2.56 bits per heavy atom. The zero-order valence-electron chi connectivity index (χ0n) is 13.2. The Morgan fingerprint density at radius 2 is 1.92 bits per heavy atom. The molecule has 0 bridgehead atoms. The molecule has 0 aliphatic heterocycles. The van der Waals surface area contributed by atoms with Crippen LogP contribution in [0.5, 0.6) is 11.5 Å². The highest BCUT2D eigenvalue weighted by atomic mass is 35.5. The molecule has 0 unspecified atom stereocenters. The summed E-state index contributed by atoms with van der Waals surface area (Å²) in [5.74, 6) is 0.957. The smallest absolute Gasteiger partial charge is 0.146 e. The molecule has 0 aliphatic rings. The minimum Gasteiger partial charge on any atom is -0.456 e. The maximum Gasteiger partial charge on any atom is 0.146 e. The molecular weight excluding hydrogens is 385 g/mol. The molecule has 5 nitrogen and oxygen atoms in total. The quantitative estimate of drug-likeness (QED) is 0.661. The van der Waals surface area contributed by atoms with Gasteiger partial charge in [0.25, 0.3) is 0 Å². The van der Waals surface area contributed by atoms with Crippen LogP contribution in [0.25, 0.3) is 0 Å². The van der Waals surface area contributed by atoms with Gasteiger partial charge in [0.15, 0.2) is 0 Å². The van der Waals surface area contributed by atoms with Gasteiger partial charge in [-0.1, -0.05) is 40.9 Å². The Labute approximate surface area is 159 Å². The van der Waals surface area contributed by atoms with E-state index < -0.39 is 5.60 Å². The summed E-state index contributed by atoms with van der Waals surface area (Å²) in [4.78, 5) is 3.86. The zero-order chi connectivity index (χ0) is 18.0. The highest BCUT2D eigenvalue weighted by molar-refractivity contribution is 6.35. The monoisotopic (exact) mass is 397 g/mol. The van der Waals surface area contributed by atoms with Crippen LogP contribution in [0.15, 0.2) is 49.1 Å². The zero-order valence-corrected chi connectivity index (χ0v) is 15.4. The third-order valence-corrected chi connectivity index (χ3v) is 4.42. The topological polar surface area (TPSA) is 60.2 Å². The van der Waals surface area contributed by atoms with Crippen molar-refractivity contribution in [2.45, 2.75) is 19.1 Å². The number of hydrogen-bond donors (Lipinski definition) is 1. The second-order valence-electron chi connectivity index (χ2n) is 5.69. The largest absolute Gasteiger partial charge is 0.456 e. The van der Waals surface area contributed by atoms with Crippen LogP contribution in [0.3, 0.4) is 0 Å². The first-order valence-corrected chi connectivity index (χ1v) is 8.46. The van der Waals surface area contributed by atoms with Crippen LogP contribution in [-0.2, 0) is 12.1 Å². The molecule has 0 saturated heterocycles. The maximum atomic E-state index is 10.7. The van der Waals surface area contributed by atoms with E-state index >= 15 is 0 Å². The van der Waals surface area contributed by atoms with Crippen LogP contribution in [0.1, 0.15) is 12.5 Å². The Balaban J connectivity index is 1.82. The average molecular weight is 399 g/mol. The van der Waals surface area contributed by atoms with Crippen LogP contribution >= 0.6 is 34.8 Å². The van der Waals surface area contributed by atoms with Crippen molar-refractivity contribution < 1.29 is 9.84 Å². The third-order valence-electron chi connectivity index (χ3n) is 3.58. The number of ether oxygens (including phenoxy) is 1. The van der Waals surface area contributed by atoms with Gasteiger partial charge in [0, 0.05) is 10.6 Å². The second-order valence-corrected chi connectivity index (χ2v) is 6.94. The van der Waals surface area contributed by atoms with E-state index in [4.69, 9.17) is 39.5 Å². The first-order chi connectivity index (χ1) is 11.8. The molecule has 0 aliphatic carbocycles. The van der Waals surface area contributed by atoms with Crippen molar-refractivity contribution in [3.05, 3.63) is 69.7 Å². The summed E-state index contributed by atoms with van der Waals surface area (Å²) in [6, 6.07) is 9.99. The van der Waals surface area contributed by atoms with E-state index in [9.17, 15) is 5.11 Å². The molecule has 3 rings (SSSR count). The summed E-state index contributed by atoms with van der Waals surface area (Å²) in [6.45, 7) is 1.88. The Bertz CT molecular complexity index is 883. The normalized spacial score (nSPS) is 13.5. The van der Waals surface area contributed by atoms with Crippen LogP contribution in [-0.4, -0.2) is 19.9 Å². The molecule has 1 heterocycles. The second kappa shape index (κ2) is 7.22. The molecule has 130 valence electrons. The van der Waals surface area contributed by atoms with E-state index in [0.717, 1.165) is 0 Å². The molecule has 1 N–H and O–H groups in total. The van der Waals surface area contributed by atoms with E-state index in [2.05, 4.69) is 10.1 Å². The van der Waals surface area contributed by atoms with Gasteiger partial charge in [-0.05, 0) is 37.3 Å². The minimum atomic E-state index is -1.22. The number of hydrogen-bond acceptors (Lipinski definition) is 4. The van der Waals surface area contributed by atoms with Crippen molar-refractivity contribution in [1.29, 1.82) is 0 Å². The van der Waals surface area contributed by atoms with Crippen molar-refractivity contribution in [3.8, 4) is 11.5 Å². The van der Waals surface area contributed by atoms with E-state index in [0.29, 0.717) is 32.1 Å². The molecular formula is C17H14Cl3N3O2. The summed E-state index contributed by atoms with van der Waals surface area (Å²) in [5, 5.41) is 16.0. The lowest BCUT2D eigenvalue weighted by Crippen LogP contribution is -2.28. The Morgan fingerprint density at radius 1 is 1.12 bits per heavy atom. The molecule has 3 aromatic rings. The van der Waals surface area contributed by atoms with Crippen molar-refractivity contribution in [3.63, 3.8) is 0 Å². The van der Waals surface area contributed by atoms with Gasteiger partial charge in [-0.2, -0.15) is 5.10 Å². The Hall–Kier alpha value is -1.79. The van der Waals surface area contributed by atoms with Crippen LogP contribution in [0.4, 0.5) is 0 Å². The van der Waals surface area contributed by atoms with Gasteiger partial charge >= 0.3 is 0 Å². The molecule has 8 heteroatoms. The fraction of sp³-hybridized carbons (Fsp3) is 0.176. The van der Waals surface area contributed by atoms with Gasteiger partial charge < -0.3 is 9.84 Å². The van der Waals surface area contributed by atoms with Gasteiger partial charge in [-0.25, -0.2) is 9.67 Å².